The molecule has 4 nitrogen and oxygen atoms in total. The fourth-order valence-electron chi connectivity index (χ4n) is 3.27. The lowest BCUT2D eigenvalue weighted by atomic mass is 10.1. The third-order valence-electron chi connectivity index (χ3n) is 4.80. The molecule has 1 aliphatic rings. The van der Waals surface area contributed by atoms with E-state index < -0.39 is 0 Å². The first-order valence-corrected chi connectivity index (χ1v) is 10.5. The number of carbonyl (C=O) groups excluding carboxylic acids is 1. The third-order valence-corrected chi connectivity index (χ3v) is 6.38. The van der Waals surface area contributed by atoms with E-state index in [-0.39, 0.29) is 5.91 Å². The summed E-state index contributed by atoms with van der Waals surface area (Å²) in [6.45, 7) is 1.52. The van der Waals surface area contributed by atoms with E-state index in [2.05, 4.69) is 31.9 Å². The molecule has 2 aromatic heterocycles. The van der Waals surface area contributed by atoms with Gasteiger partial charge in [-0.3, -0.25) is 4.79 Å². The summed E-state index contributed by atoms with van der Waals surface area (Å²) >= 11 is 5.23. The Morgan fingerprint density at radius 3 is 2.92 bits per heavy atom. The number of amides is 1. The summed E-state index contributed by atoms with van der Waals surface area (Å²) in [6, 6.07) is 12.1. The molecule has 0 bridgehead atoms. The van der Waals surface area contributed by atoms with Crippen LogP contribution in [0.1, 0.15) is 28.9 Å². The van der Waals surface area contributed by atoms with Gasteiger partial charge in [-0.2, -0.15) is 0 Å². The number of hydrogen-bond acceptors (Lipinski definition) is 3. The van der Waals surface area contributed by atoms with E-state index in [1.54, 1.807) is 18.4 Å². The average Bonchev–Trinajstić information content (AvgIpc) is 3.30. The van der Waals surface area contributed by atoms with Crippen LogP contribution in [0.15, 0.2) is 40.2 Å². The second kappa shape index (κ2) is 7.45. The van der Waals surface area contributed by atoms with Crippen molar-refractivity contribution in [2.75, 3.05) is 13.7 Å². The lowest BCUT2D eigenvalue weighted by molar-refractivity contribution is 0.0945. The predicted molar refractivity (Wildman–Crippen MR) is 109 cm³/mol. The number of aromatic nitrogens is 1. The van der Waals surface area contributed by atoms with E-state index in [9.17, 15) is 4.79 Å². The number of thiophene rings is 1. The first-order valence-electron chi connectivity index (χ1n) is 8.84. The highest BCUT2D eigenvalue weighted by Crippen LogP contribution is 2.36. The molecular weight excluding hydrogens is 412 g/mol. The molecule has 0 atom stereocenters. The van der Waals surface area contributed by atoms with Crippen molar-refractivity contribution >= 4 is 43.4 Å². The molecule has 0 aliphatic heterocycles. The molecule has 0 saturated heterocycles. The van der Waals surface area contributed by atoms with E-state index in [4.69, 9.17) is 4.74 Å². The van der Waals surface area contributed by atoms with Crippen LogP contribution in [0.2, 0.25) is 0 Å². The SMILES string of the molecule is COc1ccccc1CCNC(=O)c1cc2sc(Br)cc2n1CC1CC1. The number of nitrogens with one attached hydrogen (secondary N) is 1. The molecule has 1 saturated carbocycles. The highest BCUT2D eigenvalue weighted by molar-refractivity contribution is 9.11. The van der Waals surface area contributed by atoms with Crippen LogP contribution in [0, 0.1) is 5.92 Å². The standard InChI is InChI=1S/C20H21BrN2O2S/c1-25-17-5-3-2-4-14(17)8-9-22-20(24)16-10-18-15(11-19(21)26-18)23(16)12-13-6-7-13/h2-5,10-11,13H,6-9,12H2,1H3,(H,22,24). The van der Waals surface area contributed by atoms with E-state index >= 15 is 0 Å². The number of carbonyl (C=O) groups is 1. The molecule has 0 radical (unpaired) electrons. The Balaban J connectivity index is 1.48. The molecule has 0 spiro atoms. The van der Waals surface area contributed by atoms with Crippen LogP contribution in [-0.4, -0.2) is 24.1 Å². The molecule has 4 rings (SSSR count). The van der Waals surface area contributed by atoms with E-state index in [1.165, 1.54) is 12.8 Å². The first-order chi connectivity index (χ1) is 12.7. The molecule has 6 heteroatoms. The van der Waals surface area contributed by atoms with Crippen molar-refractivity contribution in [1.29, 1.82) is 0 Å². The van der Waals surface area contributed by atoms with E-state index in [0.29, 0.717) is 12.5 Å². The number of benzene rings is 1. The minimum absolute atomic E-state index is 0.0000652. The number of methoxy groups -OCH3 is 1. The van der Waals surface area contributed by atoms with Gasteiger partial charge in [0.2, 0.25) is 0 Å². The molecule has 0 unspecified atom stereocenters. The molecule has 1 amide bonds. The van der Waals surface area contributed by atoms with Crippen molar-refractivity contribution < 1.29 is 9.53 Å². The predicted octanol–water partition coefficient (Wildman–Crippen LogP) is 4.86. The largest absolute Gasteiger partial charge is 0.496 e. The lowest BCUT2D eigenvalue weighted by Gasteiger charge is -2.11. The summed E-state index contributed by atoms with van der Waals surface area (Å²) in [5, 5.41) is 3.08. The van der Waals surface area contributed by atoms with Crippen molar-refractivity contribution in [3.63, 3.8) is 0 Å². The smallest absolute Gasteiger partial charge is 0.267 e. The molecule has 1 fully saturated rings. The van der Waals surface area contributed by atoms with E-state index in [1.807, 2.05) is 30.3 Å². The third kappa shape index (κ3) is 3.67. The highest BCUT2D eigenvalue weighted by Gasteiger charge is 2.26. The van der Waals surface area contributed by atoms with Crippen LogP contribution in [0.5, 0.6) is 5.75 Å². The van der Waals surface area contributed by atoms with Gasteiger partial charge in [-0.05, 0) is 64.9 Å². The number of para-hydroxylation sites is 1. The maximum Gasteiger partial charge on any atom is 0.267 e. The zero-order valence-corrected chi connectivity index (χ0v) is 17.0. The van der Waals surface area contributed by atoms with Gasteiger partial charge in [0.25, 0.3) is 5.91 Å². The highest BCUT2D eigenvalue weighted by atomic mass is 79.9. The molecule has 1 N–H and O–H groups in total. The quantitative estimate of drug-likeness (QED) is 0.579. The number of fused-ring (bicyclic) bond motifs is 1. The Morgan fingerprint density at radius 2 is 2.15 bits per heavy atom. The maximum atomic E-state index is 12.8. The minimum atomic E-state index is 0.0000652. The van der Waals surface area contributed by atoms with Crippen molar-refractivity contribution in [2.24, 2.45) is 5.92 Å². The second-order valence-corrected chi connectivity index (χ2v) is 9.16. The molecule has 1 aromatic carbocycles. The van der Waals surface area contributed by atoms with Crippen LogP contribution in [0.25, 0.3) is 10.2 Å². The number of nitrogens with zero attached hydrogens (tertiary/aromatic N) is 1. The van der Waals surface area contributed by atoms with Gasteiger partial charge in [-0.25, -0.2) is 0 Å². The van der Waals surface area contributed by atoms with Gasteiger partial charge in [0.15, 0.2) is 0 Å². The van der Waals surface area contributed by atoms with E-state index in [0.717, 1.165) is 44.0 Å². The molecule has 3 aromatic rings. The van der Waals surface area contributed by atoms with Gasteiger partial charge in [0.05, 0.1) is 21.1 Å². The Hall–Kier alpha value is -1.79. The zero-order valence-electron chi connectivity index (χ0n) is 14.6. The van der Waals surface area contributed by atoms with Gasteiger partial charge >= 0.3 is 0 Å². The lowest BCUT2D eigenvalue weighted by Crippen LogP contribution is -2.28. The van der Waals surface area contributed by atoms with Gasteiger partial charge < -0.3 is 14.6 Å². The van der Waals surface area contributed by atoms with Crippen molar-refractivity contribution in [1.82, 2.24) is 9.88 Å². The summed E-state index contributed by atoms with van der Waals surface area (Å²) in [7, 11) is 1.67. The van der Waals surface area contributed by atoms with Crippen molar-refractivity contribution in [3.05, 3.63) is 51.4 Å². The Labute approximate surface area is 165 Å². The second-order valence-electron chi connectivity index (χ2n) is 6.70. The molecular formula is C20H21BrN2O2S. The van der Waals surface area contributed by atoms with Gasteiger partial charge in [-0.1, -0.05) is 18.2 Å². The van der Waals surface area contributed by atoms with Crippen LogP contribution < -0.4 is 10.1 Å². The molecule has 2 heterocycles. The van der Waals surface area contributed by atoms with Crippen LogP contribution in [0.3, 0.4) is 0 Å². The molecule has 1 aliphatic carbocycles. The minimum Gasteiger partial charge on any atom is -0.496 e. The Morgan fingerprint density at radius 1 is 1.35 bits per heavy atom. The van der Waals surface area contributed by atoms with Crippen LogP contribution >= 0.6 is 27.3 Å². The Bertz CT molecular complexity index is 943. The van der Waals surface area contributed by atoms with Crippen molar-refractivity contribution in [3.8, 4) is 5.75 Å². The summed E-state index contributed by atoms with van der Waals surface area (Å²) in [5.74, 6) is 1.58. The fraction of sp³-hybridized carbons (Fsp3) is 0.350. The first kappa shape index (κ1) is 17.6. The summed E-state index contributed by atoms with van der Waals surface area (Å²) in [5.41, 5.74) is 3.03. The Kier molecular flexibility index (Phi) is 5.05. The monoisotopic (exact) mass is 432 g/mol. The number of halogens is 1. The molecule has 136 valence electrons. The summed E-state index contributed by atoms with van der Waals surface area (Å²) in [4.78, 5) is 12.8. The average molecular weight is 433 g/mol. The topological polar surface area (TPSA) is 43.3 Å². The zero-order chi connectivity index (χ0) is 18.1. The maximum absolute atomic E-state index is 12.8. The van der Waals surface area contributed by atoms with Gasteiger partial charge in [0.1, 0.15) is 11.4 Å². The van der Waals surface area contributed by atoms with Gasteiger partial charge in [-0.15, -0.1) is 11.3 Å². The summed E-state index contributed by atoms with van der Waals surface area (Å²) < 4.78 is 9.83. The van der Waals surface area contributed by atoms with Crippen LogP contribution in [-0.2, 0) is 13.0 Å². The fourth-order valence-corrected chi connectivity index (χ4v) is 4.83. The normalized spacial score (nSPS) is 13.9. The number of ether oxygens (including phenoxy) is 1. The molecule has 26 heavy (non-hydrogen) atoms. The van der Waals surface area contributed by atoms with Crippen LogP contribution in [0.4, 0.5) is 0 Å². The number of rotatable bonds is 7. The van der Waals surface area contributed by atoms with Crippen molar-refractivity contribution in [2.45, 2.75) is 25.8 Å². The number of hydrogen-bond donors (Lipinski definition) is 1. The van der Waals surface area contributed by atoms with Gasteiger partial charge in [0, 0.05) is 13.1 Å². The summed E-state index contributed by atoms with van der Waals surface area (Å²) in [6.07, 6.45) is 3.28.